The van der Waals surface area contributed by atoms with Crippen molar-refractivity contribution < 1.29 is 19.5 Å². The number of carbonyl (C=O) groups is 3. The number of benzene rings is 1. The maximum Gasteiger partial charge on any atom is 0.326 e. The monoisotopic (exact) mass is 459 g/mol. The Labute approximate surface area is 196 Å². The van der Waals surface area contributed by atoms with Gasteiger partial charge in [0.25, 0.3) is 0 Å². The number of hydrogen-bond donors (Lipinski definition) is 4. The second-order valence-corrected chi connectivity index (χ2v) is 7.81. The molecule has 0 saturated heterocycles. The number of nitrogens with zero attached hydrogens (tertiary/aromatic N) is 2. The van der Waals surface area contributed by atoms with Crippen LogP contribution in [0, 0.1) is 0 Å². The van der Waals surface area contributed by atoms with Crippen LogP contribution in [-0.4, -0.2) is 54.3 Å². The van der Waals surface area contributed by atoms with Crippen molar-refractivity contribution in [3.05, 3.63) is 59.3 Å². The fourth-order valence-corrected chi connectivity index (χ4v) is 2.64. The smallest absolute Gasteiger partial charge is 0.326 e. The third-order valence-electron chi connectivity index (χ3n) is 4.45. The summed E-state index contributed by atoms with van der Waals surface area (Å²) in [5, 5.41) is 10.8. The Morgan fingerprint density at radius 2 is 1.97 bits per heavy atom. The van der Waals surface area contributed by atoms with Gasteiger partial charge in [-0.15, -0.1) is 0 Å². The van der Waals surface area contributed by atoms with Gasteiger partial charge in [-0.1, -0.05) is 44.2 Å². The lowest BCUT2D eigenvalue weighted by molar-refractivity contribution is -0.140. The summed E-state index contributed by atoms with van der Waals surface area (Å²) in [5.41, 5.74) is 13.5. The van der Waals surface area contributed by atoms with Gasteiger partial charge < -0.3 is 26.8 Å². The van der Waals surface area contributed by atoms with E-state index in [4.69, 9.17) is 16.6 Å². The van der Waals surface area contributed by atoms with Gasteiger partial charge in [0.05, 0.1) is 0 Å². The van der Waals surface area contributed by atoms with E-state index in [-0.39, 0.29) is 5.96 Å². The molecule has 1 rings (SSSR count). The number of amides is 1. The van der Waals surface area contributed by atoms with Gasteiger partial charge in [0.2, 0.25) is 6.41 Å². The first-order chi connectivity index (χ1) is 15.6. The minimum absolute atomic E-state index is 0.0276. The second-order valence-electron chi connectivity index (χ2n) is 7.81. The largest absolute Gasteiger partial charge is 0.480 e. The zero-order valence-electron chi connectivity index (χ0n) is 19.9. The Hall–Kier alpha value is -3.62. The first kappa shape index (κ1) is 29.4. The first-order valence-electron chi connectivity index (χ1n) is 10.7. The van der Waals surface area contributed by atoms with Crippen LogP contribution in [0.5, 0.6) is 0 Å². The molecule has 0 radical (unpaired) electrons. The predicted octanol–water partition coefficient (Wildman–Crippen LogP) is 2.14. The zero-order chi connectivity index (χ0) is 25.2. The number of aliphatic imine (C=N–C) groups is 1. The highest BCUT2D eigenvalue weighted by atomic mass is 16.4. The summed E-state index contributed by atoms with van der Waals surface area (Å²) >= 11 is 0. The van der Waals surface area contributed by atoms with Gasteiger partial charge in [-0.25, -0.2) is 4.79 Å². The number of aldehydes is 1. The number of carboxylic acid groups (broad SMARTS) is 1. The maximum atomic E-state index is 10.5. The number of allylic oxidation sites excluding steroid dienone is 3. The van der Waals surface area contributed by atoms with E-state index in [0.29, 0.717) is 31.7 Å². The summed E-state index contributed by atoms with van der Waals surface area (Å²) in [6, 6.07) is 7.80. The molecule has 0 spiro atoms. The van der Waals surface area contributed by atoms with Crippen molar-refractivity contribution in [2.24, 2.45) is 16.5 Å². The molecule has 1 aromatic rings. The molecule has 1 aromatic carbocycles. The third-order valence-corrected chi connectivity index (χ3v) is 4.45. The van der Waals surface area contributed by atoms with Crippen molar-refractivity contribution in [3.63, 3.8) is 0 Å². The average molecular weight is 460 g/mol. The second kappa shape index (κ2) is 17.0. The first-order valence-corrected chi connectivity index (χ1v) is 10.7. The summed E-state index contributed by atoms with van der Waals surface area (Å²) in [5.74, 6) is -0.541. The molecule has 6 N–H and O–H groups in total. The number of guanidine groups is 1. The standard InChI is InChI=1S/C17H23NO.C7H14N4O3/c1-14(2)17-9-5-8-16(11-17)12-18(4)10-6-7-15(3)13-19;8-7(9)10-3-1-2-5(6(13)14)11-4-12/h5-11,13-14H,12H2,1-4H3;4-5H,1-3H2,(H,11,12)(H,13,14)(H4,8,9,10)/b10-6-,15-7-;. The topological polar surface area (TPSA) is 151 Å². The minimum Gasteiger partial charge on any atom is -0.480 e. The third kappa shape index (κ3) is 14.9. The highest BCUT2D eigenvalue weighted by molar-refractivity contribution is 5.76. The Morgan fingerprint density at radius 3 is 2.52 bits per heavy atom. The molecule has 0 aromatic heterocycles. The van der Waals surface area contributed by atoms with Crippen LogP contribution in [0.15, 0.2) is 53.2 Å². The average Bonchev–Trinajstić information content (AvgIpc) is 2.76. The molecular formula is C24H37N5O4. The molecular weight excluding hydrogens is 422 g/mol. The Morgan fingerprint density at radius 1 is 1.27 bits per heavy atom. The lowest BCUT2D eigenvalue weighted by Gasteiger charge is -2.15. The molecule has 0 fully saturated rings. The van der Waals surface area contributed by atoms with Crippen molar-refractivity contribution in [2.45, 2.75) is 52.1 Å². The van der Waals surface area contributed by atoms with Crippen LogP contribution in [0.2, 0.25) is 0 Å². The Kier molecular flexibility index (Phi) is 15.1. The van der Waals surface area contributed by atoms with E-state index in [1.807, 2.05) is 25.4 Å². The molecule has 0 aliphatic carbocycles. The zero-order valence-corrected chi connectivity index (χ0v) is 19.9. The maximum absolute atomic E-state index is 10.5. The molecule has 0 saturated carbocycles. The highest BCUT2D eigenvalue weighted by Gasteiger charge is 2.14. The van der Waals surface area contributed by atoms with Gasteiger partial charge >= 0.3 is 5.97 Å². The van der Waals surface area contributed by atoms with Crippen LogP contribution in [0.1, 0.15) is 50.7 Å². The molecule has 0 bridgehead atoms. The van der Waals surface area contributed by atoms with Crippen molar-refractivity contribution >= 4 is 24.6 Å². The fourth-order valence-electron chi connectivity index (χ4n) is 2.64. The lowest BCUT2D eigenvalue weighted by atomic mass is 10.0. The number of nitrogens with two attached hydrogens (primary N) is 2. The normalized spacial score (nSPS) is 11.8. The summed E-state index contributed by atoms with van der Waals surface area (Å²) in [7, 11) is 2.03. The molecule has 182 valence electrons. The van der Waals surface area contributed by atoms with Crippen LogP contribution < -0.4 is 16.8 Å². The number of carboxylic acids is 1. The number of carbonyl (C=O) groups excluding carboxylic acids is 2. The van der Waals surface area contributed by atoms with Crippen LogP contribution in [0.3, 0.4) is 0 Å². The van der Waals surface area contributed by atoms with Gasteiger partial charge in [-0.05, 0) is 54.7 Å². The molecule has 0 aliphatic heterocycles. The molecule has 0 aliphatic rings. The predicted molar refractivity (Wildman–Crippen MR) is 131 cm³/mol. The SMILES string of the molecule is C/C(C=O)=C/C=C\N(C)Cc1cccc(C(C)C)c1.NC(N)=NCCCC(NC=O)C(=O)O. The molecule has 33 heavy (non-hydrogen) atoms. The summed E-state index contributed by atoms with van der Waals surface area (Å²) in [6.07, 6.45) is 7.70. The van der Waals surface area contributed by atoms with Gasteiger partial charge in [-0.2, -0.15) is 0 Å². The van der Waals surface area contributed by atoms with Crippen LogP contribution in [0.4, 0.5) is 0 Å². The molecule has 1 atom stereocenters. The Bertz CT molecular complexity index is 830. The number of hydrogen-bond acceptors (Lipinski definition) is 5. The van der Waals surface area contributed by atoms with Crippen molar-refractivity contribution in [3.8, 4) is 0 Å². The van der Waals surface area contributed by atoms with Crippen LogP contribution >= 0.6 is 0 Å². The van der Waals surface area contributed by atoms with E-state index in [1.165, 1.54) is 11.1 Å². The van der Waals surface area contributed by atoms with Gasteiger partial charge in [-0.3, -0.25) is 14.6 Å². The highest BCUT2D eigenvalue weighted by Crippen LogP contribution is 2.16. The van der Waals surface area contributed by atoms with Gasteiger partial charge in [0, 0.05) is 20.1 Å². The minimum atomic E-state index is -1.07. The van der Waals surface area contributed by atoms with E-state index in [2.05, 4.69) is 53.3 Å². The van der Waals surface area contributed by atoms with Crippen LogP contribution in [-0.2, 0) is 20.9 Å². The number of aliphatic carboxylic acids is 1. The summed E-state index contributed by atoms with van der Waals surface area (Å²) in [4.78, 5) is 36.8. The number of nitrogens with one attached hydrogen (secondary N) is 1. The van der Waals surface area contributed by atoms with Crippen LogP contribution in [0.25, 0.3) is 0 Å². The van der Waals surface area contributed by atoms with Crippen molar-refractivity contribution in [1.29, 1.82) is 0 Å². The molecule has 1 unspecified atom stereocenters. The van der Waals surface area contributed by atoms with E-state index in [1.54, 1.807) is 6.92 Å². The molecule has 9 nitrogen and oxygen atoms in total. The quantitative estimate of drug-likeness (QED) is 0.0881. The summed E-state index contributed by atoms with van der Waals surface area (Å²) < 4.78 is 0. The summed E-state index contributed by atoms with van der Waals surface area (Å²) in [6.45, 7) is 7.42. The number of rotatable bonds is 13. The van der Waals surface area contributed by atoms with E-state index in [0.717, 1.165) is 18.4 Å². The molecule has 0 heterocycles. The fraction of sp³-hybridized carbons (Fsp3) is 0.417. The van der Waals surface area contributed by atoms with Gasteiger partial charge in [0.1, 0.15) is 12.3 Å². The van der Waals surface area contributed by atoms with Crippen molar-refractivity contribution in [2.75, 3.05) is 13.6 Å². The van der Waals surface area contributed by atoms with Gasteiger partial charge in [0.15, 0.2) is 5.96 Å². The molecule has 9 heteroatoms. The van der Waals surface area contributed by atoms with E-state index < -0.39 is 12.0 Å². The Balaban J connectivity index is 0.000000653. The molecule has 1 amide bonds. The van der Waals surface area contributed by atoms with E-state index in [9.17, 15) is 14.4 Å². The van der Waals surface area contributed by atoms with Crippen molar-refractivity contribution in [1.82, 2.24) is 10.2 Å². The van der Waals surface area contributed by atoms with E-state index >= 15 is 0 Å². The lowest BCUT2D eigenvalue weighted by Crippen LogP contribution is -2.35.